The lowest BCUT2D eigenvalue weighted by atomic mass is 9.78. The number of nitrogens with one attached hydrogen (secondary N) is 1. The SMILES string of the molecule is CCC(NC(=O)C1CCCCC1CN1C(=O)c2ccccc2C1=O)C(=O)O. The van der Waals surface area contributed by atoms with Crippen molar-refractivity contribution < 1.29 is 24.3 Å². The number of hydrogen-bond donors (Lipinski definition) is 2. The van der Waals surface area contributed by atoms with Crippen molar-refractivity contribution in [2.45, 2.75) is 45.1 Å². The highest BCUT2D eigenvalue weighted by molar-refractivity contribution is 6.21. The smallest absolute Gasteiger partial charge is 0.326 e. The summed E-state index contributed by atoms with van der Waals surface area (Å²) in [7, 11) is 0. The Hall–Kier alpha value is -2.70. The number of imide groups is 1. The number of carbonyl (C=O) groups is 4. The van der Waals surface area contributed by atoms with Crippen LogP contribution in [0.3, 0.4) is 0 Å². The van der Waals surface area contributed by atoms with Crippen LogP contribution in [0.5, 0.6) is 0 Å². The van der Waals surface area contributed by atoms with Gasteiger partial charge in [-0.3, -0.25) is 19.3 Å². The predicted molar refractivity (Wildman–Crippen MR) is 97.1 cm³/mol. The van der Waals surface area contributed by atoms with Crippen LogP contribution in [0, 0.1) is 11.8 Å². The van der Waals surface area contributed by atoms with Gasteiger partial charge in [0.1, 0.15) is 6.04 Å². The quantitative estimate of drug-likeness (QED) is 0.744. The van der Waals surface area contributed by atoms with Crippen molar-refractivity contribution in [2.24, 2.45) is 11.8 Å². The van der Waals surface area contributed by atoms with Crippen LogP contribution in [0.2, 0.25) is 0 Å². The fraction of sp³-hybridized carbons (Fsp3) is 0.500. The van der Waals surface area contributed by atoms with Crippen molar-refractivity contribution in [2.75, 3.05) is 6.54 Å². The summed E-state index contributed by atoms with van der Waals surface area (Å²) in [5, 5.41) is 11.8. The van der Waals surface area contributed by atoms with E-state index in [1.165, 1.54) is 4.90 Å². The Morgan fingerprint density at radius 3 is 2.30 bits per heavy atom. The predicted octanol–water partition coefficient (Wildman–Crippen LogP) is 2.07. The minimum Gasteiger partial charge on any atom is -0.480 e. The summed E-state index contributed by atoms with van der Waals surface area (Å²) in [5.74, 6) is -2.55. The number of benzene rings is 1. The molecule has 3 amide bonds. The molecule has 0 aromatic heterocycles. The van der Waals surface area contributed by atoms with Crippen molar-refractivity contribution in [3.63, 3.8) is 0 Å². The summed E-state index contributed by atoms with van der Waals surface area (Å²) in [6, 6.07) is 5.81. The third-order valence-corrected chi connectivity index (χ3v) is 5.56. The van der Waals surface area contributed by atoms with Gasteiger partial charge in [-0.25, -0.2) is 4.79 Å². The molecule has 3 atom stereocenters. The Balaban J connectivity index is 1.73. The second-order valence-electron chi connectivity index (χ2n) is 7.23. The van der Waals surface area contributed by atoms with E-state index in [9.17, 15) is 24.3 Å². The largest absolute Gasteiger partial charge is 0.480 e. The number of carbonyl (C=O) groups excluding carboxylic acids is 3. The fourth-order valence-electron chi connectivity index (χ4n) is 4.03. The highest BCUT2D eigenvalue weighted by Gasteiger charge is 2.40. The summed E-state index contributed by atoms with van der Waals surface area (Å²) in [6.45, 7) is 1.89. The van der Waals surface area contributed by atoms with E-state index in [2.05, 4.69) is 5.32 Å². The Labute approximate surface area is 157 Å². The first-order valence-corrected chi connectivity index (χ1v) is 9.42. The molecule has 1 fully saturated rings. The molecular weight excluding hydrogens is 348 g/mol. The van der Waals surface area contributed by atoms with Crippen LogP contribution in [-0.2, 0) is 9.59 Å². The molecule has 3 rings (SSSR count). The summed E-state index contributed by atoms with van der Waals surface area (Å²) in [6.07, 6.45) is 3.47. The lowest BCUT2D eigenvalue weighted by molar-refractivity contribution is -0.143. The molecule has 1 aromatic rings. The van der Waals surface area contributed by atoms with Gasteiger partial charge in [0.2, 0.25) is 5.91 Å². The molecule has 0 bridgehead atoms. The number of amides is 3. The van der Waals surface area contributed by atoms with Gasteiger partial charge in [0.05, 0.1) is 11.1 Å². The number of nitrogens with zero attached hydrogens (tertiary/aromatic N) is 1. The van der Waals surface area contributed by atoms with E-state index < -0.39 is 17.9 Å². The summed E-state index contributed by atoms with van der Waals surface area (Å²) in [4.78, 5) is 50.3. The highest BCUT2D eigenvalue weighted by Crippen LogP contribution is 2.33. The van der Waals surface area contributed by atoms with Crippen LogP contribution in [-0.4, -0.2) is 46.3 Å². The van der Waals surface area contributed by atoms with Gasteiger partial charge >= 0.3 is 5.97 Å². The number of aliphatic carboxylic acids is 1. The van der Waals surface area contributed by atoms with Crippen molar-refractivity contribution in [1.29, 1.82) is 0 Å². The van der Waals surface area contributed by atoms with Gasteiger partial charge in [0.15, 0.2) is 0 Å². The maximum absolute atomic E-state index is 12.7. The Morgan fingerprint density at radius 1 is 1.15 bits per heavy atom. The van der Waals surface area contributed by atoms with Crippen molar-refractivity contribution in [3.8, 4) is 0 Å². The monoisotopic (exact) mass is 372 g/mol. The molecule has 0 spiro atoms. The van der Waals surface area contributed by atoms with E-state index in [0.717, 1.165) is 19.3 Å². The van der Waals surface area contributed by atoms with Gasteiger partial charge in [0, 0.05) is 12.5 Å². The molecule has 7 nitrogen and oxygen atoms in total. The topological polar surface area (TPSA) is 104 Å². The zero-order valence-corrected chi connectivity index (χ0v) is 15.3. The second kappa shape index (κ2) is 7.90. The Kier molecular flexibility index (Phi) is 5.58. The molecule has 0 radical (unpaired) electrons. The van der Waals surface area contributed by atoms with Crippen LogP contribution in [0.1, 0.15) is 59.7 Å². The van der Waals surface area contributed by atoms with E-state index >= 15 is 0 Å². The van der Waals surface area contributed by atoms with E-state index in [4.69, 9.17) is 0 Å². The second-order valence-corrected chi connectivity index (χ2v) is 7.23. The van der Waals surface area contributed by atoms with Crippen LogP contribution >= 0.6 is 0 Å². The third kappa shape index (κ3) is 3.72. The molecule has 1 aliphatic heterocycles. The molecule has 1 aliphatic carbocycles. The normalized spacial score (nSPS) is 23.1. The van der Waals surface area contributed by atoms with E-state index in [-0.39, 0.29) is 30.2 Å². The first-order chi connectivity index (χ1) is 12.9. The van der Waals surface area contributed by atoms with Gasteiger partial charge in [0.25, 0.3) is 11.8 Å². The minimum absolute atomic E-state index is 0.160. The van der Waals surface area contributed by atoms with Crippen LogP contribution in [0.4, 0.5) is 0 Å². The Bertz CT molecular complexity index is 740. The van der Waals surface area contributed by atoms with E-state index in [1.54, 1.807) is 31.2 Å². The van der Waals surface area contributed by atoms with Gasteiger partial charge in [-0.15, -0.1) is 0 Å². The zero-order valence-electron chi connectivity index (χ0n) is 15.3. The number of rotatable bonds is 6. The summed E-state index contributed by atoms with van der Waals surface area (Å²) < 4.78 is 0. The summed E-state index contributed by atoms with van der Waals surface area (Å²) >= 11 is 0. The third-order valence-electron chi connectivity index (χ3n) is 5.56. The van der Waals surface area contributed by atoms with Crippen molar-refractivity contribution in [1.82, 2.24) is 10.2 Å². The summed E-state index contributed by atoms with van der Waals surface area (Å²) in [5.41, 5.74) is 0.799. The molecule has 1 saturated carbocycles. The molecular formula is C20H24N2O5. The first kappa shape index (κ1) is 19.1. The number of hydrogen-bond acceptors (Lipinski definition) is 4. The molecule has 27 heavy (non-hydrogen) atoms. The molecule has 0 saturated heterocycles. The van der Waals surface area contributed by atoms with Crippen molar-refractivity contribution in [3.05, 3.63) is 35.4 Å². The van der Waals surface area contributed by atoms with Gasteiger partial charge in [-0.1, -0.05) is 31.9 Å². The maximum atomic E-state index is 12.7. The standard InChI is InChI=1S/C20H24N2O5/c1-2-16(20(26)27)21-17(23)13-8-4-3-7-12(13)11-22-18(24)14-9-5-6-10-15(14)19(22)25/h5-6,9-10,12-13,16H,2-4,7-8,11H2,1H3,(H,21,23)(H,26,27). The number of fused-ring (bicyclic) bond motifs is 1. The average Bonchev–Trinajstić information content (AvgIpc) is 2.91. The minimum atomic E-state index is -1.06. The van der Waals surface area contributed by atoms with Crippen LogP contribution in [0.15, 0.2) is 24.3 Å². The highest BCUT2D eigenvalue weighted by atomic mass is 16.4. The van der Waals surface area contributed by atoms with E-state index in [1.807, 2.05) is 0 Å². The Morgan fingerprint density at radius 2 is 1.74 bits per heavy atom. The van der Waals surface area contributed by atoms with Gasteiger partial charge in [-0.2, -0.15) is 0 Å². The molecule has 144 valence electrons. The lowest BCUT2D eigenvalue weighted by Crippen LogP contribution is -2.48. The molecule has 1 heterocycles. The van der Waals surface area contributed by atoms with E-state index in [0.29, 0.717) is 24.0 Å². The van der Waals surface area contributed by atoms with Crippen molar-refractivity contribution >= 4 is 23.7 Å². The lowest BCUT2D eigenvalue weighted by Gasteiger charge is -2.33. The fourth-order valence-corrected chi connectivity index (χ4v) is 4.03. The van der Waals surface area contributed by atoms with Crippen LogP contribution < -0.4 is 5.32 Å². The molecule has 2 aliphatic rings. The van der Waals surface area contributed by atoms with Gasteiger partial charge < -0.3 is 10.4 Å². The van der Waals surface area contributed by atoms with Gasteiger partial charge in [-0.05, 0) is 37.3 Å². The molecule has 7 heteroatoms. The molecule has 2 N–H and O–H groups in total. The maximum Gasteiger partial charge on any atom is 0.326 e. The average molecular weight is 372 g/mol. The van der Waals surface area contributed by atoms with Crippen LogP contribution in [0.25, 0.3) is 0 Å². The molecule has 3 unspecified atom stereocenters. The molecule has 1 aromatic carbocycles. The first-order valence-electron chi connectivity index (χ1n) is 9.42. The number of carboxylic acid groups (broad SMARTS) is 1. The number of carboxylic acids is 1. The zero-order chi connectivity index (χ0) is 19.6.